The summed E-state index contributed by atoms with van der Waals surface area (Å²) in [5, 5.41) is 10.9. The van der Waals surface area contributed by atoms with Gasteiger partial charge in [-0.25, -0.2) is 4.39 Å². The molecule has 2 saturated heterocycles. The molecule has 1 saturated carbocycles. The predicted molar refractivity (Wildman–Crippen MR) is 116 cm³/mol. The number of aromatic nitrogens is 2. The number of nitrogens with zero attached hydrogens (tertiary/aromatic N) is 3. The van der Waals surface area contributed by atoms with Crippen LogP contribution in [0.3, 0.4) is 0 Å². The van der Waals surface area contributed by atoms with Crippen molar-refractivity contribution in [3.8, 4) is 11.3 Å². The van der Waals surface area contributed by atoms with Crippen LogP contribution in [0.1, 0.15) is 30.4 Å². The maximum atomic E-state index is 13.9. The van der Waals surface area contributed by atoms with Crippen LogP contribution in [0.2, 0.25) is 0 Å². The van der Waals surface area contributed by atoms with Crippen LogP contribution in [0.5, 0.6) is 0 Å². The van der Waals surface area contributed by atoms with Gasteiger partial charge in [0.1, 0.15) is 11.4 Å². The van der Waals surface area contributed by atoms with Crippen LogP contribution in [0.4, 0.5) is 23.4 Å². The van der Waals surface area contributed by atoms with E-state index in [1.165, 1.54) is 18.2 Å². The van der Waals surface area contributed by atoms with Gasteiger partial charge in [0, 0.05) is 37.8 Å². The average molecular weight is 465 g/mol. The summed E-state index contributed by atoms with van der Waals surface area (Å²) >= 11 is 0. The molecule has 1 aromatic carbocycles. The van der Waals surface area contributed by atoms with Crippen LogP contribution in [0, 0.1) is 30.5 Å². The maximum Gasteiger partial charge on any atom is 0.420 e. The van der Waals surface area contributed by atoms with Crippen molar-refractivity contribution in [2.75, 3.05) is 38.2 Å². The van der Waals surface area contributed by atoms with Crippen LogP contribution in [0.25, 0.3) is 11.3 Å². The minimum atomic E-state index is -4.59. The van der Waals surface area contributed by atoms with Crippen LogP contribution in [0.15, 0.2) is 24.3 Å². The molecular weight excluding hydrogens is 436 g/mol. The molecule has 2 aliphatic heterocycles. The summed E-state index contributed by atoms with van der Waals surface area (Å²) in [5.74, 6) is 0.802. The van der Waals surface area contributed by atoms with E-state index in [9.17, 15) is 17.6 Å². The lowest BCUT2D eigenvalue weighted by Crippen LogP contribution is -2.30. The minimum absolute atomic E-state index is 0.0136. The van der Waals surface area contributed by atoms with Gasteiger partial charge in [-0.15, -0.1) is 10.2 Å². The van der Waals surface area contributed by atoms with E-state index in [1.54, 1.807) is 6.92 Å². The molecule has 0 unspecified atom stereocenters. The van der Waals surface area contributed by atoms with E-state index >= 15 is 0 Å². The fraction of sp³-hybridized carbons (Fsp3) is 0.583. The Morgan fingerprint density at radius 3 is 2.55 bits per heavy atom. The highest BCUT2D eigenvalue weighted by molar-refractivity contribution is 5.65. The molecule has 178 valence electrons. The number of likely N-dealkylation sites (tertiary alicyclic amines) is 1. The van der Waals surface area contributed by atoms with Crippen LogP contribution >= 0.6 is 0 Å². The van der Waals surface area contributed by atoms with Crippen molar-refractivity contribution in [2.24, 2.45) is 17.8 Å². The van der Waals surface area contributed by atoms with Crippen molar-refractivity contribution < 1.29 is 22.3 Å². The van der Waals surface area contributed by atoms with E-state index < -0.39 is 17.6 Å². The molecule has 9 heteroatoms. The lowest BCUT2D eigenvalue weighted by atomic mass is 10.0. The van der Waals surface area contributed by atoms with Gasteiger partial charge < -0.3 is 15.0 Å². The summed E-state index contributed by atoms with van der Waals surface area (Å²) in [7, 11) is 0. The van der Waals surface area contributed by atoms with E-state index in [2.05, 4.69) is 20.4 Å². The second-order valence-corrected chi connectivity index (χ2v) is 9.73. The molecule has 3 fully saturated rings. The van der Waals surface area contributed by atoms with Crippen molar-refractivity contribution >= 4 is 5.82 Å². The Morgan fingerprint density at radius 1 is 1.12 bits per heavy atom. The molecule has 5 rings (SSSR count). The fourth-order valence-corrected chi connectivity index (χ4v) is 5.67. The van der Waals surface area contributed by atoms with Crippen molar-refractivity contribution in [1.82, 2.24) is 15.1 Å². The highest BCUT2D eigenvalue weighted by atomic mass is 19.4. The molecule has 3 heterocycles. The number of anilines is 1. The smallest absolute Gasteiger partial charge is 0.381 e. The normalized spacial score (nSPS) is 27.8. The number of fused-ring (bicyclic) bond motifs is 1. The van der Waals surface area contributed by atoms with Crippen molar-refractivity contribution in [2.45, 2.75) is 38.4 Å². The van der Waals surface area contributed by atoms with Crippen molar-refractivity contribution in [1.29, 1.82) is 0 Å². The summed E-state index contributed by atoms with van der Waals surface area (Å²) < 4.78 is 60.8. The highest BCUT2D eigenvalue weighted by Crippen LogP contribution is 2.42. The lowest BCUT2D eigenvalue weighted by Gasteiger charge is -2.23. The molecule has 2 aromatic rings. The van der Waals surface area contributed by atoms with Gasteiger partial charge in [-0.05, 0) is 67.7 Å². The number of alkyl halides is 3. The third kappa shape index (κ3) is 4.84. The first-order valence-electron chi connectivity index (χ1n) is 11.5. The Balaban J connectivity index is 1.29. The number of rotatable bonds is 5. The van der Waals surface area contributed by atoms with E-state index in [0.717, 1.165) is 58.2 Å². The summed E-state index contributed by atoms with van der Waals surface area (Å²) in [6.07, 6.45) is -1.83. The first kappa shape index (κ1) is 22.5. The Labute approximate surface area is 190 Å². The number of nitrogens with one attached hydrogen (secondary N) is 1. The first-order chi connectivity index (χ1) is 15.8. The summed E-state index contributed by atoms with van der Waals surface area (Å²) in [5.41, 5.74) is 0.0929. The molecular formula is C24H28F4N4O. The van der Waals surface area contributed by atoms with E-state index in [-0.39, 0.29) is 17.6 Å². The SMILES string of the molecule is Cc1ccc(F)cc1-c1cc(C(F)(F)F)c(N[C@H]2C[C@@H]3CN(C[C@@H]4CCOC4)C[C@@H]3C2)nn1. The average Bonchev–Trinajstić information content (AvgIpc) is 3.47. The van der Waals surface area contributed by atoms with E-state index in [0.29, 0.717) is 28.9 Å². The number of benzene rings is 1. The molecule has 1 N–H and O–H groups in total. The second-order valence-electron chi connectivity index (χ2n) is 9.73. The molecule has 0 bridgehead atoms. The third-order valence-corrected chi connectivity index (χ3v) is 7.28. The van der Waals surface area contributed by atoms with Gasteiger partial charge in [-0.2, -0.15) is 13.2 Å². The van der Waals surface area contributed by atoms with Gasteiger partial charge in [0.25, 0.3) is 0 Å². The zero-order valence-corrected chi connectivity index (χ0v) is 18.5. The number of hydrogen-bond acceptors (Lipinski definition) is 5. The van der Waals surface area contributed by atoms with Crippen molar-refractivity contribution in [3.63, 3.8) is 0 Å². The largest absolute Gasteiger partial charge is 0.420 e. The summed E-state index contributed by atoms with van der Waals surface area (Å²) in [4.78, 5) is 2.49. The fourth-order valence-electron chi connectivity index (χ4n) is 5.67. The Morgan fingerprint density at radius 2 is 1.88 bits per heavy atom. The Kier molecular flexibility index (Phi) is 6.03. The monoisotopic (exact) mass is 464 g/mol. The van der Waals surface area contributed by atoms with Crippen LogP contribution in [-0.4, -0.2) is 54.0 Å². The highest BCUT2D eigenvalue weighted by Gasteiger charge is 2.43. The molecule has 1 aliphatic carbocycles. The zero-order chi connectivity index (χ0) is 23.2. The molecule has 3 aliphatic rings. The quantitative estimate of drug-likeness (QED) is 0.647. The Bertz CT molecular complexity index is 994. The second kappa shape index (κ2) is 8.83. The van der Waals surface area contributed by atoms with Gasteiger partial charge >= 0.3 is 6.18 Å². The summed E-state index contributed by atoms with van der Waals surface area (Å²) in [6, 6.07) is 4.89. The van der Waals surface area contributed by atoms with Gasteiger partial charge in [-0.3, -0.25) is 0 Å². The molecule has 0 spiro atoms. The van der Waals surface area contributed by atoms with Crippen LogP contribution in [-0.2, 0) is 10.9 Å². The molecule has 4 atom stereocenters. The summed E-state index contributed by atoms with van der Waals surface area (Å²) in [6.45, 7) is 6.42. The lowest BCUT2D eigenvalue weighted by molar-refractivity contribution is -0.137. The van der Waals surface area contributed by atoms with E-state index in [4.69, 9.17) is 4.74 Å². The number of halogens is 4. The third-order valence-electron chi connectivity index (χ3n) is 7.28. The van der Waals surface area contributed by atoms with Gasteiger partial charge in [0.15, 0.2) is 5.82 Å². The molecule has 0 radical (unpaired) electrons. The number of aryl methyl sites for hydroxylation is 1. The predicted octanol–water partition coefficient (Wildman–Crippen LogP) is 4.77. The molecule has 33 heavy (non-hydrogen) atoms. The first-order valence-corrected chi connectivity index (χ1v) is 11.5. The van der Waals surface area contributed by atoms with Gasteiger partial charge in [0.05, 0.1) is 12.3 Å². The maximum absolute atomic E-state index is 13.9. The van der Waals surface area contributed by atoms with Gasteiger partial charge in [0.2, 0.25) is 0 Å². The number of ether oxygens (including phenoxy) is 1. The van der Waals surface area contributed by atoms with Crippen LogP contribution < -0.4 is 5.32 Å². The van der Waals surface area contributed by atoms with Crippen molar-refractivity contribution in [3.05, 3.63) is 41.2 Å². The zero-order valence-electron chi connectivity index (χ0n) is 18.5. The topological polar surface area (TPSA) is 50.3 Å². The molecule has 0 amide bonds. The van der Waals surface area contributed by atoms with E-state index in [1.807, 2.05) is 0 Å². The minimum Gasteiger partial charge on any atom is -0.381 e. The Hall–Kier alpha value is -2.26. The molecule has 1 aromatic heterocycles. The van der Waals surface area contributed by atoms with Gasteiger partial charge in [-0.1, -0.05) is 6.07 Å². The number of hydrogen-bond donors (Lipinski definition) is 1. The molecule has 5 nitrogen and oxygen atoms in total. The standard InChI is InChI=1S/C24H28F4N4O/c1-14-2-3-18(25)8-20(14)22-9-21(24(26,27)28)23(31-30-22)29-19-6-16-11-32(12-17(16)7-19)10-15-4-5-33-13-15/h2-3,8-9,15-17,19H,4-7,10-13H2,1H3,(H,29,31)/t15-,16-,17+,19+/m0/s1.